The third-order valence-electron chi connectivity index (χ3n) is 5.48. The summed E-state index contributed by atoms with van der Waals surface area (Å²) in [6.45, 7) is 3.52. The molecule has 0 spiro atoms. The average molecular weight is 468 g/mol. The number of ether oxygens (including phenoxy) is 2. The Morgan fingerprint density at radius 3 is 2.64 bits per heavy atom. The predicted molar refractivity (Wildman–Crippen MR) is 112 cm³/mol. The van der Waals surface area contributed by atoms with Crippen molar-refractivity contribution in [2.24, 2.45) is 0 Å². The van der Waals surface area contributed by atoms with Crippen molar-refractivity contribution in [2.45, 2.75) is 70.4 Å². The number of halogens is 3. The third-order valence-corrected chi connectivity index (χ3v) is 5.48. The van der Waals surface area contributed by atoms with Crippen molar-refractivity contribution in [1.82, 2.24) is 24.6 Å². The molecule has 1 aliphatic carbocycles. The van der Waals surface area contributed by atoms with Gasteiger partial charge in [-0.05, 0) is 32.8 Å². The molecule has 9 nitrogen and oxygen atoms in total. The van der Waals surface area contributed by atoms with Crippen molar-refractivity contribution >= 4 is 11.9 Å². The van der Waals surface area contributed by atoms with Gasteiger partial charge in [0.15, 0.2) is 0 Å². The van der Waals surface area contributed by atoms with Gasteiger partial charge >= 0.3 is 6.09 Å². The zero-order chi connectivity index (χ0) is 23.6. The van der Waals surface area contributed by atoms with E-state index in [0.29, 0.717) is 31.7 Å². The van der Waals surface area contributed by atoms with Gasteiger partial charge in [-0.15, -0.1) is 0 Å². The Labute approximate surface area is 189 Å². The Hall–Kier alpha value is -3.05. The molecule has 1 amide bonds. The van der Waals surface area contributed by atoms with Crippen LogP contribution in [0, 0.1) is 0 Å². The smallest absolute Gasteiger partial charge is 0.410 e. The highest BCUT2D eigenvalue weighted by Crippen LogP contribution is 2.34. The van der Waals surface area contributed by atoms with Gasteiger partial charge in [0, 0.05) is 31.1 Å². The molecular weight excluding hydrogens is 441 g/mol. The predicted octanol–water partition coefficient (Wildman–Crippen LogP) is 3.73. The number of anilines is 1. The number of aromatic nitrogens is 4. The van der Waals surface area contributed by atoms with Crippen LogP contribution in [0.5, 0.6) is 5.88 Å². The van der Waals surface area contributed by atoms with Crippen LogP contribution in [0.4, 0.5) is 23.8 Å². The monoisotopic (exact) mass is 468 g/mol. The first-order valence-electron chi connectivity index (χ1n) is 11.0. The van der Waals surface area contributed by atoms with E-state index >= 15 is 0 Å². The fraction of sp³-hybridized carbons (Fsp3) is 0.619. The van der Waals surface area contributed by atoms with Gasteiger partial charge in [-0.3, -0.25) is 0 Å². The van der Waals surface area contributed by atoms with Crippen LogP contribution in [0.1, 0.15) is 45.2 Å². The van der Waals surface area contributed by atoms with Crippen LogP contribution < -0.4 is 10.1 Å². The lowest BCUT2D eigenvalue weighted by Gasteiger charge is -2.38. The van der Waals surface area contributed by atoms with Gasteiger partial charge in [0.1, 0.15) is 18.6 Å². The summed E-state index contributed by atoms with van der Waals surface area (Å²) in [5.74, 6) is -1.83. The van der Waals surface area contributed by atoms with Crippen molar-refractivity contribution in [3.05, 3.63) is 24.0 Å². The summed E-state index contributed by atoms with van der Waals surface area (Å²) in [6.07, 6.45) is 0.889. The summed E-state index contributed by atoms with van der Waals surface area (Å²) in [6, 6.07) is 2.94. The maximum absolute atomic E-state index is 13.5. The van der Waals surface area contributed by atoms with Crippen LogP contribution in [-0.4, -0.2) is 68.0 Å². The number of carbonyl (C=O) groups excluding carboxylic acids is 1. The van der Waals surface area contributed by atoms with Crippen molar-refractivity contribution in [2.75, 3.05) is 18.4 Å². The first-order valence-corrected chi connectivity index (χ1v) is 11.0. The van der Waals surface area contributed by atoms with E-state index in [2.05, 4.69) is 20.4 Å². The van der Waals surface area contributed by atoms with E-state index in [1.165, 1.54) is 21.8 Å². The minimum absolute atomic E-state index is 0.159. The van der Waals surface area contributed by atoms with Gasteiger partial charge in [-0.2, -0.15) is 15.1 Å². The van der Waals surface area contributed by atoms with E-state index < -0.39 is 18.7 Å². The first kappa shape index (κ1) is 23.1. The van der Waals surface area contributed by atoms with E-state index in [0.717, 1.165) is 0 Å². The van der Waals surface area contributed by atoms with Crippen LogP contribution in [-0.2, 0) is 11.4 Å². The van der Waals surface area contributed by atoms with Crippen LogP contribution in [0.2, 0.25) is 0 Å². The normalized spacial score (nSPS) is 18.8. The second kappa shape index (κ2) is 9.44. The fourth-order valence-corrected chi connectivity index (χ4v) is 3.70. The van der Waals surface area contributed by atoms with Crippen molar-refractivity contribution in [3.63, 3.8) is 0 Å². The summed E-state index contributed by atoms with van der Waals surface area (Å²) in [7, 11) is 0. The second-order valence-electron chi connectivity index (χ2n) is 8.63. The molecule has 1 saturated heterocycles. The Balaban J connectivity index is 1.47. The molecule has 2 fully saturated rings. The van der Waals surface area contributed by atoms with Gasteiger partial charge in [0.2, 0.25) is 11.8 Å². The summed E-state index contributed by atoms with van der Waals surface area (Å²) < 4.78 is 52.3. The average Bonchev–Trinajstić information content (AvgIpc) is 3.21. The Bertz CT molecular complexity index is 970. The molecule has 0 radical (unpaired) electrons. The van der Waals surface area contributed by atoms with Crippen molar-refractivity contribution < 1.29 is 27.4 Å². The summed E-state index contributed by atoms with van der Waals surface area (Å²) >= 11 is 0. The molecule has 1 saturated carbocycles. The number of amides is 1. The summed E-state index contributed by atoms with van der Waals surface area (Å²) in [5.41, 5.74) is 0.229. The van der Waals surface area contributed by atoms with E-state index in [1.807, 2.05) is 0 Å². The van der Waals surface area contributed by atoms with Gasteiger partial charge in [0.25, 0.3) is 5.95 Å². The number of hydrogen-bond acceptors (Lipinski definition) is 7. The van der Waals surface area contributed by atoms with Gasteiger partial charge in [0.05, 0.1) is 24.9 Å². The van der Waals surface area contributed by atoms with Gasteiger partial charge in [-0.25, -0.2) is 22.6 Å². The molecule has 3 heterocycles. The Morgan fingerprint density at radius 2 is 2.00 bits per heavy atom. The molecule has 12 heteroatoms. The molecule has 2 aromatic rings. The van der Waals surface area contributed by atoms with E-state index in [4.69, 9.17) is 9.47 Å². The molecule has 0 bridgehead atoms. The van der Waals surface area contributed by atoms with E-state index in [-0.39, 0.29) is 48.6 Å². The Kier molecular flexibility index (Phi) is 6.61. The molecule has 1 N–H and O–H groups in total. The lowest BCUT2D eigenvalue weighted by molar-refractivity contribution is -0.0361. The number of alkyl halides is 3. The number of likely N-dealkylation sites (tertiary alicyclic amines) is 1. The van der Waals surface area contributed by atoms with Crippen LogP contribution in [0.3, 0.4) is 0 Å². The lowest BCUT2D eigenvalue weighted by atomic mass is 9.92. The number of carbonyl (C=O) groups is 1. The minimum Gasteiger partial charge on any atom is -0.470 e. The third kappa shape index (κ3) is 5.85. The summed E-state index contributed by atoms with van der Waals surface area (Å²) in [5, 5.41) is 7.27. The highest BCUT2D eigenvalue weighted by molar-refractivity contribution is 5.69. The largest absolute Gasteiger partial charge is 0.470 e. The highest BCUT2D eigenvalue weighted by Gasteiger charge is 2.36. The van der Waals surface area contributed by atoms with Crippen LogP contribution in [0.25, 0.3) is 5.95 Å². The molecular formula is C21H27F3N6O3. The van der Waals surface area contributed by atoms with Gasteiger partial charge in [-0.1, -0.05) is 0 Å². The van der Waals surface area contributed by atoms with Crippen molar-refractivity contribution in [3.8, 4) is 11.8 Å². The SMILES string of the molecule is CC(C)OC(=O)N1CC(Oc2cc(NC3CCC(F)(F)CC3)nc(-n3ccc(CF)n3)n2)C1. The maximum Gasteiger partial charge on any atom is 0.410 e. The number of rotatable bonds is 7. The standard InChI is InChI=1S/C21H27F3N6O3/c1-13(2)32-20(31)29-11-16(12-29)33-18-9-17(25-14-3-6-21(23,24)7-4-14)26-19(27-18)30-8-5-15(10-22)28-30/h5,8-9,13-14,16H,3-4,6-7,10-12H2,1-2H3,(H,25,26,27). The minimum atomic E-state index is -2.63. The molecule has 1 aliphatic heterocycles. The van der Waals surface area contributed by atoms with Crippen LogP contribution >= 0.6 is 0 Å². The van der Waals surface area contributed by atoms with Gasteiger partial charge < -0.3 is 19.7 Å². The second-order valence-corrected chi connectivity index (χ2v) is 8.63. The molecule has 33 heavy (non-hydrogen) atoms. The summed E-state index contributed by atoms with van der Waals surface area (Å²) in [4.78, 5) is 22.2. The molecule has 180 valence electrons. The number of hydrogen-bond donors (Lipinski definition) is 1. The zero-order valence-corrected chi connectivity index (χ0v) is 18.5. The van der Waals surface area contributed by atoms with Crippen LogP contribution in [0.15, 0.2) is 18.3 Å². The van der Waals surface area contributed by atoms with E-state index in [1.54, 1.807) is 19.9 Å². The quantitative estimate of drug-likeness (QED) is 0.662. The maximum atomic E-state index is 13.5. The lowest BCUT2D eigenvalue weighted by Crippen LogP contribution is -2.56. The first-order chi connectivity index (χ1) is 15.7. The molecule has 2 aromatic heterocycles. The topological polar surface area (TPSA) is 94.4 Å². The number of nitrogens with one attached hydrogen (secondary N) is 1. The van der Waals surface area contributed by atoms with Crippen molar-refractivity contribution in [1.29, 1.82) is 0 Å². The Morgan fingerprint density at radius 1 is 1.27 bits per heavy atom. The molecule has 0 unspecified atom stereocenters. The molecule has 2 aliphatic rings. The fourth-order valence-electron chi connectivity index (χ4n) is 3.70. The van der Waals surface area contributed by atoms with E-state index in [9.17, 15) is 18.0 Å². The molecule has 0 atom stereocenters. The molecule has 0 aromatic carbocycles. The number of nitrogens with zero attached hydrogens (tertiary/aromatic N) is 5. The molecule has 4 rings (SSSR count). The highest BCUT2D eigenvalue weighted by atomic mass is 19.3. The zero-order valence-electron chi connectivity index (χ0n) is 18.5.